The van der Waals surface area contributed by atoms with Crippen molar-refractivity contribution in [2.24, 2.45) is 0 Å². The molecule has 22 heavy (non-hydrogen) atoms. The van der Waals surface area contributed by atoms with Crippen molar-refractivity contribution in [2.75, 3.05) is 7.05 Å². The van der Waals surface area contributed by atoms with Crippen LogP contribution in [0, 0.1) is 0 Å². The molecule has 0 aliphatic carbocycles. The Hall–Kier alpha value is -2.17. The summed E-state index contributed by atoms with van der Waals surface area (Å²) in [5.41, 5.74) is 1.59. The Balaban J connectivity index is 2.01. The predicted molar refractivity (Wildman–Crippen MR) is 83.1 cm³/mol. The smallest absolute Gasteiger partial charge is 0.252 e. The third kappa shape index (κ3) is 2.40. The number of nitrogens with zero attached hydrogens (tertiary/aromatic N) is 1. The number of likely N-dealkylation sites (N-methyl/N-ethyl adjacent to an activating group) is 1. The van der Waals surface area contributed by atoms with Crippen molar-refractivity contribution >= 4 is 5.91 Å². The number of carbonyl (C=O) groups is 1. The molecule has 2 aromatic rings. The third-order valence-corrected chi connectivity index (χ3v) is 4.41. The van der Waals surface area contributed by atoms with Crippen LogP contribution in [0.1, 0.15) is 23.1 Å². The van der Waals surface area contributed by atoms with Crippen molar-refractivity contribution in [1.82, 2.24) is 4.90 Å². The molecule has 1 aliphatic rings. The van der Waals surface area contributed by atoms with E-state index in [0.717, 1.165) is 11.1 Å². The van der Waals surface area contributed by atoms with Gasteiger partial charge in [-0.2, -0.15) is 0 Å². The van der Waals surface area contributed by atoms with Gasteiger partial charge in [0.1, 0.15) is 12.2 Å². The summed E-state index contributed by atoms with van der Waals surface area (Å²) in [5, 5.41) is 21.1. The molecule has 0 radical (unpaired) electrons. The van der Waals surface area contributed by atoms with Crippen LogP contribution >= 0.6 is 0 Å². The second-order valence-electron chi connectivity index (χ2n) is 5.68. The van der Waals surface area contributed by atoms with Crippen LogP contribution in [0.3, 0.4) is 0 Å². The first-order chi connectivity index (χ1) is 10.6. The summed E-state index contributed by atoms with van der Waals surface area (Å²) in [6, 6.07) is 18.1. The number of hydrogen-bond donors (Lipinski definition) is 2. The summed E-state index contributed by atoms with van der Waals surface area (Å²) in [4.78, 5) is 13.7. The molecule has 1 amide bonds. The molecular weight excluding hydrogens is 278 g/mol. The number of carbonyl (C=O) groups excluding carboxylic acids is 1. The highest BCUT2D eigenvalue weighted by atomic mass is 16.3. The fourth-order valence-electron chi connectivity index (χ4n) is 3.25. The molecule has 2 aromatic carbocycles. The average Bonchev–Trinajstić information content (AvgIpc) is 2.80. The zero-order valence-electron chi connectivity index (χ0n) is 12.3. The highest BCUT2D eigenvalue weighted by Crippen LogP contribution is 2.40. The minimum Gasteiger partial charge on any atom is -0.386 e. The molecule has 4 atom stereocenters. The van der Waals surface area contributed by atoms with Crippen molar-refractivity contribution in [3.8, 4) is 0 Å². The van der Waals surface area contributed by atoms with Crippen LogP contribution in [-0.4, -0.2) is 40.2 Å². The normalized spacial score (nSPS) is 26.2. The first kappa shape index (κ1) is 14.8. The summed E-state index contributed by atoms with van der Waals surface area (Å²) in [6.45, 7) is 0. The molecule has 114 valence electrons. The largest absolute Gasteiger partial charge is 0.386 e. The lowest BCUT2D eigenvalue weighted by Gasteiger charge is -2.30. The van der Waals surface area contributed by atoms with Crippen molar-refractivity contribution in [3.63, 3.8) is 0 Å². The van der Waals surface area contributed by atoms with Gasteiger partial charge in [-0.05, 0) is 11.1 Å². The van der Waals surface area contributed by atoms with Crippen LogP contribution in [0.2, 0.25) is 0 Å². The minimum atomic E-state index is -1.13. The average molecular weight is 297 g/mol. The highest BCUT2D eigenvalue weighted by molar-refractivity contribution is 5.85. The lowest BCUT2D eigenvalue weighted by Crippen LogP contribution is -2.36. The van der Waals surface area contributed by atoms with E-state index in [1.54, 1.807) is 7.05 Å². The lowest BCUT2D eigenvalue weighted by atomic mass is 9.85. The molecule has 3 rings (SSSR count). The second-order valence-corrected chi connectivity index (χ2v) is 5.68. The summed E-state index contributed by atoms with van der Waals surface area (Å²) in [5.74, 6) is -0.803. The van der Waals surface area contributed by atoms with E-state index in [1.165, 1.54) is 4.90 Å². The fourth-order valence-corrected chi connectivity index (χ4v) is 3.25. The molecule has 0 bridgehead atoms. The van der Waals surface area contributed by atoms with Gasteiger partial charge in [0.15, 0.2) is 0 Å². The van der Waals surface area contributed by atoms with E-state index in [9.17, 15) is 15.0 Å². The van der Waals surface area contributed by atoms with Crippen LogP contribution in [0.4, 0.5) is 0 Å². The molecule has 0 unspecified atom stereocenters. The lowest BCUT2D eigenvalue weighted by molar-refractivity contribution is -0.135. The van der Waals surface area contributed by atoms with Gasteiger partial charge in [-0.15, -0.1) is 0 Å². The van der Waals surface area contributed by atoms with E-state index in [-0.39, 0.29) is 5.91 Å². The Morgan fingerprint density at radius 2 is 1.55 bits per heavy atom. The molecule has 4 heteroatoms. The van der Waals surface area contributed by atoms with Gasteiger partial charge in [0, 0.05) is 13.0 Å². The Bertz CT molecular complexity index is 644. The molecule has 1 fully saturated rings. The number of aliphatic hydroxyl groups is 2. The quantitative estimate of drug-likeness (QED) is 0.906. The van der Waals surface area contributed by atoms with E-state index in [4.69, 9.17) is 0 Å². The van der Waals surface area contributed by atoms with E-state index >= 15 is 0 Å². The Kier molecular flexibility index (Phi) is 3.96. The molecule has 1 heterocycles. The number of benzene rings is 2. The molecule has 0 aromatic heterocycles. The monoisotopic (exact) mass is 297 g/mol. The van der Waals surface area contributed by atoms with Gasteiger partial charge in [0.05, 0.1) is 6.04 Å². The molecule has 4 nitrogen and oxygen atoms in total. The Morgan fingerprint density at radius 3 is 2.14 bits per heavy atom. The van der Waals surface area contributed by atoms with Gasteiger partial charge in [0.2, 0.25) is 0 Å². The maximum atomic E-state index is 12.2. The molecule has 1 aliphatic heterocycles. The molecule has 0 saturated carbocycles. The molecular formula is C18H19NO3. The molecule has 1 saturated heterocycles. The van der Waals surface area contributed by atoms with E-state index < -0.39 is 24.2 Å². The topological polar surface area (TPSA) is 60.8 Å². The molecule has 0 spiro atoms. The van der Waals surface area contributed by atoms with Gasteiger partial charge < -0.3 is 15.1 Å². The van der Waals surface area contributed by atoms with Crippen molar-refractivity contribution in [3.05, 3.63) is 71.8 Å². The zero-order chi connectivity index (χ0) is 15.7. The van der Waals surface area contributed by atoms with Gasteiger partial charge in [-0.25, -0.2) is 0 Å². The SMILES string of the molecule is CN1C(=O)[C@H](O)[C@H](c2ccccc2)[C@H]1[C@@H](O)c1ccccc1. The van der Waals surface area contributed by atoms with Crippen molar-refractivity contribution in [2.45, 2.75) is 24.2 Å². The van der Waals surface area contributed by atoms with Crippen molar-refractivity contribution in [1.29, 1.82) is 0 Å². The summed E-state index contributed by atoms with van der Waals surface area (Å²) in [7, 11) is 1.63. The van der Waals surface area contributed by atoms with Gasteiger partial charge in [-0.3, -0.25) is 4.79 Å². The van der Waals surface area contributed by atoms with E-state index in [0.29, 0.717) is 0 Å². The third-order valence-electron chi connectivity index (χ3n) is 4.41. The Labute approximate surface area is 129 Å². The van der Waals surface area contributed by atoms with Crippen LogP contribution < -0.4 is 0 Å². The van der Waals surface area contributed by atoms with E-state index in [2.05, 4.69) is 0 Å². The first-order valence-electron chi connectivity index (χ1n) is 7.34. The van der Waals surface area contributed by atoms with Crippen LogP contribution in [0.5, 0.6) is 0 Å². The number of amides is 1. The number of aliphatic hydroxyl groups excluding tert-OH is 2. The van der Waals surface area contributed by atoms with Gasteiger partial charge in [-0.1, -0.05) is 60.7 Å². The van der Waals surface area contributed by atoms with Gasteiger partial charge in [0.25, 0.3) is 5.91 Å². The number of hydrogen-bond acceptors (Lipinski definition) is 3. The maximum Gasteiger partial charge on any atom is 0.252 e. The van der Waals surface area contributed by atoms with Crippen molar-refractivity contribution < 1.29 is 15.0 Å². The standard InChI is InChI=1S/C18H19NO3/c1-19-15(16(20)13-10-6-3-7-11-13)14(17(21)18(19)22)12-8-4-2-5-9-12/h2-11,14-17,20-21H,1H3/t14-,15+,16+,17-/m1/s1. The van der Waals surface area contributed by atoms with Crippen LogP contribution in [0.25, 0.3) is 0 Å². The predicted octanol–water partition coefficient (Wildman–Crippen LogP) is 1.71. The minimum absolute atomic E-state index is 0.353. The van der Waals surface area contributed by atoms with Gasteiger partial charge >= 0.3 is 0 Å². The Morgan fingerprint density at radius 1 is 1.00 bits per heavy atom. The van der Waals surface area contributed by atoms with Crippen LogP contribution in [0.15, 0.2) is 60.7 Å². The highest BCUT2D eigenvalue weighted by Gasteiger charge is 2.49. The number of likely N-dealkylation sites (tertiary alicyclic amines) is 1. The van der Waals surface area contributed by atoms with E-state index in [1.807, 2.05) is 60.7 Å². The number of rotatable bonds is 3. The first-order valence-corrected chi connectivity index (χ1v) is 7.34. The zero-order valence-corrected chi connectivity index (χ0v) is 12.3. The molecule has 2 N–H and O–H groups in total. The maximum absolute atomic E-state index is 12.2. The summed E-state index contributed by atoms with van der Waals surface area (Å²) < 4.78 is 0. The summed E-state index contributed by atoms with van der Waals surface area (Å²) in [6.07, 6.45) is -1.98. The van der Waals surface area contributed by atoms with Crippen LogP contribution in [-0.2, 0) is 4.79 Å². The second kappa shape index (κ2) is 5.91. The summed E-state index contributed by atoms with van der Waals surface area (Å²) >= 11 is 0. The fraction of sp³-hybridized carbons (Fsp3) is 0.278.